The van der Waals surface area contributed by atoms with Gasteiger partial charge in [-0.25, -0.2) is 9.78 Å². The first-order chi connectivity index (χ1) is 4.61. The van der Waals surface area contributed by atoms with Crippen LogP contribution in [0.25, 0.3) is 0 Å². The minimum absolute atomic E-state index is 0.0822. The fourth-order valence-corrected chi connectivity index (χ4v) is 1.98. The second-order valence-electron chi connectivity index (χ2n) is 1.39. The van der Waals surface area contributed by atoms with Crippen LogP contribution in [0.4, 0.5) is 0 Å². The van der Waals surface area contributed by atoms with Gasteiger partial charge in [0.1, 0.15) is 8.39 Å². The molecule has 0 unspecified atom stereocenters. The number of thiazole rings is 1. The Morgan fingerprint density at radius 2 is 2.20 bits per heavy atom. The first-order valence-electron chi connectivity index (χ1n) is 2.16. The highest BCUT2D eigenvalue weighted by Gasteiger charge is 2.11. The smallest absolute Gasteiger partial charge is 0.365 e. The van der Waals surface area contributed by atoms with E-state index >= 15 is 0 Å². The molecule has 0 aromatic carbocycles. The fourth-order valence-electron chi connectivity index (χ4n) is 0.374. The second kappa shape index (κ2) is 2.98. The summed E-state index contributed by atoms with van der Waals surface area (Å²) in [6.07, 6.45) is 0. The van der Waals surface area contributed by atoms with Crippen molar-refractivity contribution in [3.63, 3.8) is 0 Å². The van der Waals surface area contributed by atoms with E-state index in [0.29, 0.717) is 8.39 Å². The number of rotatable bonds is 1. The maximum atomic E-state index is 10.3. The summed E-state index contributed by atoms with van der Waals surface area (Å²) < 4.78 is 1.24. The maximum Gasteiger partial charge on any atom is 0.365 e. The third kappa shape index (κ3) is 1.56. The maximum absolute atomic E-state index is 10.3. The minimum atomic E-state index is -1.00. The van der Waals surface area contributed by atoms with Gasteiger partial charge in [-0.3, -0.25) is 0 Å². The highest BCUT2D eigenvalue weighted by molar-refractivity contribution is 9.13. The Balaban J connectivity index is 3.10. The number of nitrogens with zero attached hydrogens (tertiary/aromatic N) is 1. The Bertz CT molecular complexity index is 253. The van der Waals surface area contributed by atoms with E-state index in [9.17, 15) is 4.79 Å². The van der Waals surface area contributed by atoms with Gasteiger partial charge in [0.2, 0.25) is 5.01 Å². The summed E-state index contributed by atoms with van der Waals surface area (Å²) in [5, 5.41) is 8.51. The van der Waals surface area contributed by atoms with Gasteiger partial charge in [-0.05, 0) is 31.9 Å². The Morgan fingerprint density at radius 3 is 2.40 bits per heavy atom. The van der Waals surface area contributed by atoms with E-state index in [0.717, 1.165) is 11.3 Å². The molecule has 3 nitrogen and oxygen atoms in total. The molecule has 0 atom stereocenters. The zero-order valence-electron chi connectivity index (χ0n) is 4.47. The van der Waals surface area contributed by atoms with Gasteiger partial charge in [0.25, 0.3) is 0 Å². The molecule has 54 valence electrons. The standard InChI is InChI=1S/C4HBr2NO2S/c5-1-2(6)10-3(7-1)4(8)9/h(H,8,9). The molecule has 0 spiro atoms. The first kappa shape index (κ1) is 8.16. The van der Waals surface area contributed by atoms with Gasteiger partial charge < -0.3 is 5.11 Å². The molecular formula is C4HBr2NO2S. The molecule has 0 radical (unpaired) electrons. The molecule has 1 N–H and O–H groups in total. The molecule has 0 saturated heterocycles. The number of hydrogen-bond acceptors (Lipinski definition) is 3. The molecule has 6 heteroatoms. The molecule has 0 amide bonds. The number of carbonyl (C=O) groups is 1. The summed E-state index contributed by atoms with van der Waals surface area (Å²) in [4.78, 5) is 14.0. The summed E-state index contributed by atoms with van der Waals surface area (Å²) in [5.41, 5.74) is 0. The summed E-state index contributed by atoms with van der Waals surface area (Å²) in [5.74, 6) is -1.00. The van der Waals surface area contributed by atoms with E-state index in [4.69, 9.17) is 5.11 Å². The number of hydrogen-bond donors (Lipinski definition) is 1. The van der Waals surface area contributed by atoms with Gasteiger partial charge in [-0.1, -0.05) is 11.3 Å². The molecule has 0 saturated carbocycles. The Kier molecular flexibility index (Phi) is 2.43. The van der Waals surface area contributed by atoms with Crippen LogP contribution in [-0.2, 0) is 0 Å². The number of carboxylic acid groups (broad SMARTS) is 1. The molecule has 1 aromatic rings. The summed E-state index contributed by atoms with van der Waals surface area (Å²) in [6, 6.07) is 0. The van der Waals surface area contributed by atoms with Crippen LogP contribution < -0.4 is 0 Å². The van der Waals surface area contributed by atoms with Gasteiger partial charge in [0.05, 0.1) is 0 Å². The van der Waals surface area contributed by atoms with E-state index in [1.807, 2.05) is 0 Å². The molecule has 0 aliphatic rings. The van der Waals surface area contributed by atoms with Crippen LogP contribution in [0.15, 0.2) is 8.39 Å². The van der Waals surface area contributed by atoms with E-state index < -0.39 is 5.97 Å². The first-order valence-corrected chi connectivity index (χ1v) is 4.56. The highest BCUT2D eigenvalue weighted by atomic mass is 79.9. The largest absolute Gasteiger partial charge is 0.476 e. The number of carboxylic acids is 1. The van der Waals surface area contributed by atoms with Gasteiger partial charge in [-0.2, -0.15) is 0 Å². The van der Waals surface area contributed by atoms with Crippen molar-refractivity contribution in [2.75, 3.05) is 0 Å². The monoisotopic (exact) mass is 285 g/mol. The zero-order valence-corrected chi connectivity index (χ0v) is 8.46. The van der Waals surface area contributed by atoms with Crippen molar-refractivity contribution in [3.05, 3.63) is 13.4 Å². The number of aromatic carboxylic acids is 1. The Labute approximate surface area is 77.3 Å². The average Bonchev–Trinajstić information content (AvgIpc) is 2.13. The van der Waals surface area contributed by atoms with Crippen LogP contribution in [0.1, 0.15) is 9.80 Å². The van der Waals surface area contributed by atoms with Crippen molar-refractivity contribution in [2.45, 2.75) is 0 Å². The second-order valence-corrected chi connectivity index (χ2v) is 4.46. The van der Waals surface area contributed by atoms with E-state index in [-0.39, 0.29) is 5.01 Å². The van der Waals surface area contributed by atoms with Crippen molar-refractivity contribution in [1.82, 2.24) is 4.98 Å². The SMILES string of the molecule is O=C(O)c1nc(Br)c(Br)s1. The van der Waals surface area contributed by atoms with Crippen molar-refractivity contribution in [1.29, 1.82) is 0 Å². The Hall–Kier alpha value is 0.0600. The van der Waals surface area contributed by atoms with E-state index in [2.05, 4.69) is 36.8 Å². The molecule has 10 heavy (non-hydrogen) atoms. The van der Waals surface area contributed by atoms with Crippen LogP contribution in [0.3, 0.4) is 0 Å². The summed E-state index contributed by atoms with van der Waals surface area (Å²) in [6.45, 7) is 0. The molecular weight excluding hydrogens is 286 g/mol. The number of aromatic nitrogens is 1. The molecule has 1 heterocycles. The number of halogens is 2. The lowest BCUT2D eigenvalue weighted by molar-refractivity contribution is 0.0696. The summed E-state index contributed by atoms with van der Waals surface area (Å²) in [7, 11) is 0. The predicted molar refractivity (Wildman–Crippen MR) is 44.5 cm³/mol. The van der Waals surface area contributed by atoms with E-state index in [1.54, 1.807) is 0 Å². The third-order valence-corrected chi connectivity index (χ3v) is 3.79. The normalized spacial score (nSPS) is 9.80. The van der Waals surface area contributed by atoms with E-state index in [1.165, 1.54) is 0 Å². The molecule has 1 rings (SSSR count). The van der Waals surface area contributed by atoms with Crippen LogP contribution in [0.2, 0.25) is 0 Å². The van der Waals surface area contributed by atoms with Crippen molar-refractivity contribution in [2.24, 2.45) is 0 Å². The zero-order chi connectivity index (χ0) is 7.72. The molecule has 0 bridgehead atoms. The van der Waals surface area contributed by atoms with Crippen molar-refractivity contribution < 1.29 is 9.90 Å². The third-order valence-electron chi connectivity index (χ3n) is 0.731. The van der Waals surface area contributed by atoms with Crippen LogP contribution in [-0.4, -0.2) is 16.1 Å². The average molecular weight is 287 g/mol. The van der Waals surface area contributed by atoms with Crippen LogP contribution >= 0.6 is 43.2 Å². The lowest BCUT2D eigenvalue weighted by Gasteiger charge is -1.78. The van der Waals surface area contributed by atoms with Crippen LogP contribution in [0, 0.1) is 0 Å². The lowest BCUT2D eigenvalue weighted by Crippen LogP contribution is -1.93. The van der Waals surface area contributed by atoms with Gasteiger partial charge in [0, 0.05) is 0 Å². The van der Waals surface area contributed by atoms with Gasteiger partial charge >= 0.3 is 5.97 Å². The summed E-state index contributed by atoms with van der Waals surface area (Å²) >= 11 is 7.29. The predicted octanol–water partition coefficient (Wildman–Crippen LogP) is 2.37. The molecule has 0 aliphatic heterocycles. The van der Waals surface area contributed by atoms with Crippen molar-refractivity contribution in [3.8, 4) is 0 Å². The van der Waals surface area contributed by atoms with Crippen LogP contribution in [0.5, 0.6) is 0 Å². The highest BCUT2D eigenvalue weighted by Crippen LogP contribution is 2.28. The lowest BCUT2D eigenvalue weighted by atomic mass is 10.7. The fraction of sp³-hybridized carbons (Fsp3) is 0. The van der Waals surface area contributed by atoms with Crippen molar-refractivity contribution >= 4 is 49.2 Å². The molecule has 1 aromatic heterocycles. The van der Waals surface area contributed by atoms with Gasteiger partial charge in [-0.15, -0.1) is 0 Å². The minimum Gasteiger partial charge on any atom is -0.476 e. The molecule has 0 aliphatic carbocycles. The Morgan fingerprint density at radius 1 is 1.60 bits per heavy atom. The topological polar surface area (TPSA) is 50.2 Å². The van der Waals surface area contributed by atoms with Gasteiger partial charge in [0.15, 0.2) is 0 Å². The molecule has 0 fully saturated rings. The quantitative estimate of drug-likeness (QED) is 0.862.